The lowest BCUT2D eigenvalue weighted by Crippen LogP contribution is -2.26. The van der Waals surface area contributed by atoms with Crippen LogP contribution in [0.5, 0.6) is 5.88 Å². The fraction of sp³-hybridized carbons (Fsp3) is 0.545. The molecule has 0 unspecified atom stereocenters. The third kappa shape index (κ3) is 3.15. The Hall–Kier alpha value is -0.680. The van der Waals surface area contributed by atoms with Gasteiger partial charge in [0.25, 0.3) is 0 Å². The number of halogens is 2. The summed E-state index contributed by atoms with van der Waals surface area (Å²) in [5.74, 6) is -0.351. The minimum absolute atomic E-state index is 0.0763. The summed E-state index contributed by atoms with van der Waals surface area (Å²) in [6.07, 6.45) is 4.06. The molecule has 0 atom stereocenters. The number of ether oxygens (including phenoxy) is 1. The van der Waals surface area contributed by atoms with Crippen LogP contribution in [0.15, 0.2) is 16.7 Å². The molecule has 1 aromatic heterocycles. The number of pyridine rings is 1. The maximum absolute atomic E-state index is 13.3. The molecule has 0 amide bonds. The van der Waals surface area contributed by atoms with Crippen LogP contribution in [0.2, 0.25) is 0 Å². The lowest BCUT2D eigenvalue weighted by Gasteiger charge is -2.15. The van der Waals surface area contributed by atoms with Crippen LogP contribution in [-0.4, -0.2) is 36.1 Å². The molecule has 1 aliphatic carbocycles. The van der Waals surface area contributed by atoms with Gasteiger partial charge in [0.1, 0.15) is 6.61 Å². The summed E-state index contributed by atoms with van der Waals surface area (Å²) in [5.41, 5.74) is 0. The van der Waals surface area contributed by atoms with Gasteiger partial charge in [-0.25, -0.2) is 9.37 Å². The second kappa shape index (κ2) is 5.10. The van der Waals surface area contributed by atoms with Gasteiger partial charge < -0.3 is 9.64 Å². The summed E-state index contributed by atoms with van der Waals surface area (Å²) >= 11 is 3.15. The van der Waals surface area contributed by atoms with E-state index >= 15 is 0 Å². The largest absolute Gasteiger partial charge is 0.474 e. The summed E-state index contributed by atoms with van der Waals surface area (Å²) in [7, 11) is 2.06. The van der Waals surface area contributed by atoms with Crippen molar-refractivity contribution in [1.29, 1.82) is 0 Å². The van der Waals surface area contributed by atoms with Crippen molar-refractivity contribution in [3.63, 3.8) is 0 Å². The van der Waals surface area contributed by atoms with Gasteiger partial charge >= 0.3 is 0 Å². The first-order valence-corrected chi connectivity index (χ1v) is 6.10. The molecular formula is C11H14BrFN2O. The smallest absolute Gasteiger partial charge is 0.250 e. The Balaban J connectivity index is 1.80. The summed E-state index contributed by atoms with van der Waals surface area (Å²) in [5, 5.41) is 0. The maximum atomic E-state index is 13.3. The maximum Gasteiger partial charge on any atom is 0.250 e. The van der Waals surface area contributed by atoms with E-state index in [4.69, 9.17) is 4.74 Å². The summed E-state index contributed by atoms with van der Waals surface area (Å²) < 4.78 is 19.2. The van der Waals surface area contributed by atoms with Crippen LogP contribution >= 0.6 is 15.9 Å². The van der Waals surface area contributed by atoms with E-state index in [-0.39, 0.29) is 5.88 Å². The predicted molar refractivity (Wildman–Crippen MR) is 63.0 cm³/mol. The van der Waals surface area contributed by atoms with Crippen molar-refractivity contribution in [2.24, 2.45) is 0 Å². The Morgan fingerprint density at radius 2 is 2.38 bits per heavy atom. The van der Waals surface area contributed by atoms with Gasteiger partial charge in [0.05, 0.1) is 0 Å². The van der Waals surface area contributed by atoms with Crippen molar-refractivity contribution in [1.82, 2.24) is 9.88 Å². The number of likely N-dealkylation sites (N-methyl/N-ethyl adjacent to an activating group) is 1. The third-order valence-corrected chi connectivity index (χ3v) is 3.06. The number of nitrogens with zero attached hydrogens (tertiary/aromatic N) is 2. The van der Waals surface area contributed by atoms with E-state index in [1.54, 1.807) is 0 Å². The molecule has 88 valence electrons. The SMILES string of the molecule is CN(CCOc1ncc(Br)cc1F)C1CC1. The standard InChI is InChI=1S/C11H14BrFN2O/c1-15(9-2-3-9)4-5-16-11-10(13)6-8(12)7-14-11/h6-7,9H,2-5H2,1H3. The van der Waals surface area contributed by atoms with Gasteiger partial charge in [0.2, 0.25) is 5.88 Å². The lowest BCUT2D eigenvalue weighted by atomic mass is 10.4. The molecule has 0 N–H and O–H groups in total. The van der Waals surface area contributed by atoms with Crippen molar-refractivity contribution >= 4 is 15.9 Å². The van der Waals surface area contributed by atoms with Gasteiger partial charge in [0.15, 0.2) is 5.82 Å². The van der Waals surface area contributed by atoms with Crippen LogP contribution in [0.1, 0.15) is 12.8 Å². The molecule has 1 fully saturated rings. The summed E-state index contributed by atoms with van der Waals surface area (Å²) in [4.78, 5) is 6.11. The van der Waals surface area contributed by atoms with Crippen molar-refractivity contribution in [3.05, 3.63) is 22.6 Å². The molecule has 16 heavy (non-hydrogen) atoms. The van der Waals surface area contributed by atoms with Gasteiger partial charge in [-0.3, -0.25) is 0 Å². The van der Waals surface area contributed by atoms with Gasteiger partial charge in [0, 0.05) is 23.3 Å². The zero-order chi connectivity index (χ0) is 11.5. The second-order valence-corrected chi connectivity index (χ2v) is 4.92. The van der Waals surface area contributed by atoms with Gasteiger partial charge in [-0.1, -0.05) is 0 Å². The first-order chi connectivity index (χ1) is 7.66. The first kappa shape index (κ1) is 11.8. The van der Waals surface area contributed by atoms with E-state index in [9.17, 15) is 4.39 Å². The topological polar surface area (TPSA) is 25.4 Å². The quantitative estimate of drug-likeness (QED) is 0.832. The monoisotopic (exact) mass is 288 g/mol. The Morgan fingerprint density at radius 3 is 3.00 bits per heavy atom. The highest BCUT2D eigenvalue weighted by Crippen LogP contribution is 2.25. The molecule has 3 nitrogen and oxygen atoms in total. The Labute approximate surface area is 103 Å². The molecule has 1 saturated carbocycles. The van der Waals surface area contributed by atoms with E-state index < -0.39 is 5.82 Å². The highest BCUT2D eigenvalue weighted by molar-refractivity contribution is 9.10. The molecule has 0 aliphatic heterocycles. The molecule has 5 heteroatoms. The summed E-state index contributed by atoms with van der Waals surface area (Å²) in [6, 6.07) is 2.05. The number of rotatable bonds is 5. The zero-order valence-electron chi connectivity index (χ0n) is 9.12. The molecular weight excluding hydrogens is 275 g/mol. The predicted octanol–water partition coefficient (Wildman–Crippen LogP) is 2.46. The normalized spacial score (nSPS) is 15.5. The van der Waals surface area contributed by atoms with Gasteiger partial charge in [-0.2, -0.15) is 0 Å². The van der Waals surface area contributed by atoms with E-state index in [0.717, 1.165) is 6.54 Å². The van der Waals surface area contributed by atoms with E-state index in [0.29, 0.717) is 17.1 Å². The van der Waals surface area contributed by atoms with E-state index in [1.165, 1.54) is 25.1 Å². The molecule has 1 aromatic rings. The van der Waals surface area contributed by atoms with Crippen LogP contribution in [0.3, 0.4) is 0 Å². The van der Waals surface area contributed by atoms with Crippen LogP contribution in [-0.2, 0) is 0 Å². The van der Waals surface area contributed by atoms with Crippen molar-refractivity contribution in [2.45, 2.75) is 18.9 Å². The Bertz CT molecular complexity index is 371. The van der Waals surface area contributed by atoms with Gasteiger partial charge in [-0.15, -0.1) is 0 Å². The molecule has 1 heterocycles. The fourth-order valence-electron chi connectivity index (χ4n) is 1.49. The zero-order valence-corrected chi connectivity index (χ0v) is 10.7. The Kier molecular flexibility index (Phi) is 3.76. The Morgan fingerprint density at radius 1 is 1.62 bits per heavy atom. The van der Waals surface area contributed by atoms with Crippen LogP contribution in [0, 0.1) is 5.82 Å². The van der Waals surface area contributed by atoms with Crippen molar-refractivity contribution in [3.8, 4) is 5.88 Å². The van der Waals surface area contributed by atoms with Crippen molar-refractivity contribution < 1.29 is 9.13 Å². The summed E-state index contributed by atoms with van der Waals surface area (Å²) in [6.45, 7) is 1.28. The minimum atomic E-state index is -0.427. The average Bonchev–Trinajstić information content (AvgIpc) is 3.04. The van der Waals surface area contributed by atoms with Crippen molar-refractivity contribution in [2.75, 3.05) is 20.2 Å². The number of aromatic nitrogens is 1. The average molecular weight is 289 g/mol. The molecule has 0 spiro atoms. The molecule has 0 aromatic carbocycles. The van der Waals surface area contributed by atoms with Crippen LogP contribution in [0.4, 0.5) is 4.39 Å². The molecule has 0 saturated heterocycles. The molecule has 0 radical (unpaired) electrons. The number of hydrogen-bond donors (Lipinski definition) is 0. The van der Waals surface area contributed by atoms with Gasteiger partial charge in [-0.05, 0) is 41.9 Å². The fourth-order valence-corrected chi connectivity index (χ4v) is 1.80. The molecule has 1 aliphatic rings. The molecule has 2 rings (SSSR count). The van der Waals surface area contributed by atoms with Crippen LogP contribution < -0.4 is 4.74 Å². The van der Waals surface area contributed by atoms with E-state index in [1.807, 2.05) is 0 Å². The highest BCUT2D eigenvalue weighted by atomic mass is 79.9. The lowest BCUT2D eigenvalue weighted by molar-refractivity contribution is 0.219. The van der Waals surface area contributed by atoms with Crippen LogP contribution in [0.25, 0.3) is 0 Å². The number of hydrogen-bond acceptors (Lipinski definition) is 3. The second-order valence-electron chi connectivity index (χ2n) is 4.00. The van der Waals surface area contributed by atoms with E-state index in [2.05, 4.69) is 32.9 Å². The highest BCUT2D eigenvalue weighted by Gasteiger charge is 2.25. The minimum Gasteiger partial charge on any atom is -0.474 e. The molecule has 0 bridgehead atoms. The first-order valence-electron chi connectivity index (χ1n) is 5.31. The third-order valence-electron chi connectivity index (χ3n) is 2.63.